The van der Waals surface area contributed by atoms with Crippen LogP contribution in [0.4, 0.5) is 0 Å². The number of alkyl halides is 1. The number of halogens is 1. The monoisotopic (exact) mass is 162 g/mol. The largest absolute Gasteiger partial charge is 0.281 e. The second-order valence-electron chi connectivity index (χ2n) is 3.02. The Bertz CT molecular complexity index is 99.8. The number of hydrogen-bond acceptors (Lipinski definition) is 2. The molecule has 0 saturated carbocycles. The first kappa shape index (κ1) is 8.31. The van der Waals surface area contributed by atoms with Crippen molar-refractivity contribution in [3.8, 4) is 0 Å². The van der Waals surface area contributed by atoms with E-state index in [-0.39, 0.29) is 5.62 Å². The second-order valence-corrected chi connectivity index (χ2v) is 3.41. The summed E-state index contributed by atoms with van der Waals surface area (Å²) in [6.45, 7) is 2.32. The molecule has 1 aliphatic heterocycles. The van der Waals surface area contributed by atoms with Gasteiger partial charge in [0.2, 0.25) is 0 Å². The third-order valence-corrected chi connectivity index (χ3v) is 2.53. The quantitative estimate of drug-likeness (QED) is 0.444. The van der Waals surface area contributed by atoms with Crippen molar-refractivity contribution in [1.29, 1.82) is 0 Å². The summed E-state index contributed by atoms with van der Waals surface area (Å²) in [7, 11) is 4.02. The van der Waals surface area contributed by atoms with Gasteiger partial charge in [0.05, 0.1) is 0 Å². The van der Waals surface area contributed by atoms with Crippen LogP contribution in [-0.2, 0) is 0 Å². The van der Waals surface area contributed by atoms with Crippen LogP contribution in [0.5, 0.6) is 0 Å². The van der Waals surface area contributed by atoms with Crippen molar-refractivity contribution in [3.63, 3.8) is 0 Å². The molecule has 1 atom stereocenters. The minimum atomic E-state index is 0.0995. The first-order valence-electron chi connectivity index (χ1n) is 3.76. The van der Waals surface area contributed by atoms with Gasteiger partial charge in [0.15, 0.2) is 0 Å². The summed E-state index contributed by atoms with van der Waals surface area (Å²) in [4.78, 5) is 4.33. The van der Waals surface area contributed by atoms with Crippen molar-refractivity contribution in [2.45, 2.75) is 18.5 Å². The van der Waals surface area contributed by atoms with Crippen molar-refractivity contribution in [3.05, 3.63) is 0 Å². The lowest BCUT2D eigenvalue weighted by molar-refractivity contribution is 0.172. The van der Waals surface area contributed by atoms with E-state index in [9.17, 15) is 0 Å². The van der Waals surface area contributed by atoms with Crippen LogP contribution in [0.15, 0.2) is 0 Å². The van der Waals surface area contributed by atoms with Gasteiger partial charge < -0.3 is 0 Å². The van der Waals surface area contributed by atoms with E-state index in [1.165, 1.54) is 12.8 Å². The highest BCUT2D eigenvalue weighted by Gasteiger charge is 2.20. The fourth-order valence-electron chi connectivity index (χ4n) is 1.28. The van der Waals surface area contributed by atoms with Gasteiger partial charge in [-0.05, 0) is 26.9 Å². The first-order valence-corrected chi connectivity index (χ1v) is 4.20. The summed E-state index contributed by atoms with van der Waals surface area (Å²) in [5, 5.41) is 0. The molecule has 10 heavy (non-hydrogen) atoms. The van der Waals surface area contributed by atoms with Crippen LogP contribution in [0.25, 0.3) is 0 Å². The Balaban J connectivity index is 2.32. The number of rotatable bonds is 2. The molecule has 0 radical (unpaired) electrons. The lowest BCUT2D eigenvalue weighted by atomic mass is 10.4. The molecule has 0 N–H and O–H groups in total. The first-order chi connectivity index (χ1) is 4.72. The summed E-state index contributed by atoms with van der Waals surface area (Å²) < 4.78 is 0. The van der Waals surface area contributed by atoms with Gasteiger partial charge in [0, 0.05) is 13.1 Å². The summed E-state index contributed by atoms with van der Waals surface area (Å²) >= 11 is 6.07. The Labute approximate surface area is 67.7 Å². The van der Waals surface area contributed by atoms with E-state index in [4.69, 9.17) is 11.6 Å². The highest BCUT2D eigenvalue weighted by atomic mass is 35.5. The molecule has 0 aromatic carbocycles. The molecule has 0 spiro atoms. The zero-order valence-electron chi connectivity index (χ0n) is 6.68. The lowest BCUT2D eigenvalue weighted by Gasteiger charge is -2.26. The molecular weight excluding hydrogens is 148 g/mol. The third-order valence-electron chi connectivity index (χ3n) is 1.87. The standard InChI is InChI=1S/C7H15ClN2/c1-9(2)7(8)10-5-3-4-6-10/h7H,3-6H2,1-2H3. The van der Waals surface area contributed by atoms with Crippen LogP contribution >= 0.6 is 11.6 Å². The van der Waals surface area contributed by atoms with E-state index < -0.39 is 0 Å². The van der Waals surface area contributed by atoms with Crippen molar-refractivity contribution in [2.24, 2.45) is 0 Å². The Morgan fingerprint density at radius 1 is 1.30 bits per heavy atom. The van der Waals surface area contributed by atoms with E-state index >= 15 is 0 Å². The molecule has 1 saturated heterocycles. The minimum absolute atomic E-state index is 0.0995. The molecule has 1 aliphatic rings. The molecule has 1 heterocycles. The Kier molecular flexibility index (Phi) is 2.96. The molecule has 0 amide bonds. The van der Waals surface area contributed by atoms with Crippen LogP contribution < -0.4 is 0 Å². The average Bonchev–Trinajstić information content (AvgIpc) is 2.36. The molecule has 0 aliphatic carbocycles. The molecular formula is C7H15ClN2. The van der Waals surface area contributed by atoms with Crippen molar-refractivity contribution in [1.82, 2.24) is 9.80 Å². The molecule has 1 unspecified atom stereocenters. The van der Waals surface area contributed by atoms with Gasteiger partial charge in [-0.2, -0.15) is 0 Å². The van der Waals surface area contributed by atoms with Gasteiger partial charge in [-0.25, -0.2) is 0 Å². The predicted octanol–water partition coefficient (Wildman–Crippen LogP) is 1.17. The van der Waals surface area contributed by atoms with Crippen LogP contribution in [0, 0.1) is 0 Å². The normalized spacial score (nSPS) is 24.0. The fraction of sp³-hybridized carbons (Fsp3) is 1.00. The smallest absolute Gasteiger partial charge is 0.139 e. The van der Waals surface area contributed by atoms with E-state index in [2.05, 4.69) is 4.90 Å². The molecule has 1 rings (SSSR count). The Morgan fingerprint density at radius 2 is 1.80 bits per heavy atom. The number of hydrogen-bond donors (Lipinski definition) is 0. The van der Waals surface area contributed by atoms with Crippen LogP contribution in [-0.4, -0.2) is 42.6 Å². The summed E-state index contributed by atoms with van der Waals surface area (Å²) in [5.74, 6) is 0. The summed E-state index contributed by atoms with van der Waals surface area (Å²) in [6, 6.07) is 0. The topological polar surface area (TPSA) is 6.48 Å². The van der Waals surface area contributed by atoms with Crippen LogP contribution in [0.3, 0.4) is 0 Å². The highest BCUT2D eigenvalue weighted by Crippen LogP contribution is 2.15. The Morgan fingerprint density at radius 3 is 2.20 bits per heavy atom. The van der Waals surface area contributed by atoms with Gasteiger partial charge in [0.1, 0.15) is 5.62 Å². The fourth-order valence-corrected chi connectivity index (χ4v) is 1.48. The average molecular weight is 163 g/mol. The van der Waals surface area contributed by atoms with Gasteiger partial charge in [0.25, 0.3) is 0 Å². The zero-order chi connectivity index (χ0) is 7.56. The van der Waals surface area contributed by atoms with E-state index in [0.717, 1.165) is 13.1 Å². The van der Waals surface area contributed by atoms with Gasteiger partial charge in [-0.1, -0.05) is 11.6 Å². The number of likely N-dealkylation sites (tertiary alicyclic amines) is 1. The van der Waals surface area contributed by atoms with Gasteiger partial charge in [-0.3, -0.25) is 9.80 Å². The summed E-state index contributed by atoms with van der Waals surface area (Å²) in [5.41, 5.74) is 0.0995. The molecule has 0 aromatic rings. The van der Waals surface area contributed by atoms with Crippen molar-refractivity contribution in [2.75, 3.05) is 27.2 Å². The molecule has 3 heteroatoms. The maximum Gasteiger partial charge on any atom is 0.139 e. The van der Waals surface area contributed by atoms with E-state index in [1.807, 2.05) is 19.0 Å². The zero-order valence-corrected chi connectivity index (χ0v) is 7.43. The van der Waals surface area contributed by atoms with E-state index in [0.29, 0.717) is 0 Å². The van der Waals surface area contributed by atoms with Gasteiger partial charge >= 0.3 is 0 Å². The summed E-state index contributed by atoms with van der Waals surface area (Å²) in [6.07, 6.45) is 2.61. The van der Waals surface area contributed by atoms with Gasteiger partial charge in [-0.15, -0.1) is 0 Å². The minimum Gasteiger partial charge on any atom is -0.281 e. The van der Waals surface area contributed by atoms with E-state index in [1.54, 1.807) is 0 Å². The Hall–Kier alpha value is 0.210. The number of nitrogens with zero attached hydrogens (tertiary/aromatic N) is 2. The van der Waals surface area contributed by atoms with Crippen LogP contribution in [0.1, 0.15) is 12.8 Å². The lowest BCUT2D eigenvalue weighted by Crippen LogP contribution is -2.38. The third kappa shape index (κ3) is 1.84. The molecule has 1 fully saturated rings. The second kappa shape index (κ2) is 3.56. The van der Waals surface area contributed by atoms with Crippen LogP contribution in [0.2, 0.25) is 0 Å². The molecule has 0 aromatic heterocycles. The predicted molar refractivity (Wildman–Crippen MR) is 44.1 cm³/mol. The maximum absolute atomic E-state index is 6.07. The molecule has 2 nitrogen and oxygen atoms in total. The molecule has 60 valence electrons. The SMILES string of the molecule is CN(C)C(Cl)N1CCCC1. The highest BCUT2D eigenvalue weighted by molar-refractivity contribution is 6.20. The maximum atomic E-state index is 6.07. The molecule has 0 bridgehead atoms. The van der Waals surface area contributed by atoms with Crippen molar-refractivity contribution >= 4 is 11.6 Å². The van der Waals surface area contributed by atoms with Crippen molar-refractivity contribution < 1.29 is 0 Å².